The topological polar surface area (TPSA) is 74.7 Å². The molecule has 1 heterocycles. The molecule has 4 heteroatoms. The van der Waals surface area contributed by atoms with Gasteiger partial charge in [-0.1, -0.05) is 0 Å². The average Bonchev–Trinajstić information content (AvgIpc) is 3.10. The van der Waals surface area contributed by atoms with Gasteiger partial charge in [0.05, 0.1) is 5.56 Å². The van der Waals surface area contributed by atoms with Crippen LogP contribution in [0.15, 0.2) is 18.3 Å². The van der Waals surface area contributed by atoms with Crippen molar-refractivity contribution in [1.29, 1.82) is 5.26 Å². The van der Waals surface area contributed by atoms with Crippen LogP contribution in [0.25, 0.3) is 0 Å². The van der Waals surface area contributed by atoms with E-state index in [1.54, 1.807) is 18.3 Å². The van der Waals surface area contributed by atoms with Crippen LogP contribution < -0.4 is 11.1 Å². The Balaban J connectivity index is 1.85. The first kappa shape index (κ1) is 9.94. The Hall–Kier alpha value is -1.60. The lowest BCUT2D eigenvalue weighted by Crippen LogP contribution is -2.31. The third kappa shape index (κ3) is 2.67. The molecule has 0 saturated heterocycles. The molecule has 1 atom stereocenters. The summed E-state index contributed by atoms with van der Waals surface area (Å²) >= 11 is 0. The number of nitrogens with zero attached hydrogens (tertiary/aromatic N) is 2. The van der Waals surface area contributed by atoms with Crippen LogP contribution in [0.5, 0.6) is 0 Å². The third-order valence-electron chi connectivity index (χ3n) is 2.64. The van der Waals surface area contributed by atoms with Gasteiger partial charge in [0.1, 0.15) is 11.9 Å². The predicted molar refractivity (Wildman–Crippen MR) is 58.1 cm³/mol. The van der Waals surface area contributed by atoms with Crippen molar-refractivity contribution < 1.29 is 0 Å². The smallest absolute Gasteiger partial charge is 0.126 e. The van der Waals surface area contributed by atoms with Gasteiger partial charge < -0.3 is 11.1 Å². The fourth-order valence-electron chi connectivity index (χ4n) is 1.48. The second-order valence-corrected chi connectivity index (χ2v) is 3.93. The highest BCUT2D eigenvalue weighted by Gasteiger charge is 2.27. The highest BCUT2D eigenvalue weighted by atomic mass is 15.0. The molecule has 1 aliphatic carbocycles. The van der Waals surface area contributed by atoms with E-state index in [4.69, 9.17) is 11.0 Å². The zero-order chi connectivity index (χ0) is 10.7. The van der Waals surface area contributed by atoms with E-state index in [9.17, 15) is 0 Å². The third-order valence-corrected chi connectivity index (χ3v) is 2.64. The molecule has 1 unspecified atom stereocenters. The molecule has 3 N–H and O–H groups in total. The monoisotopic (exact) mass is 202 g/mol. The van der Waals surface area contributed by atoms with Gasteiger partial charge in [0, 0.05) is 18.8 Å². The van der Waals surface area contributed by atoms with Gasteiger partial charge in [-0.2, -0.15) is 5.26 Å². The Bertz CT molecular complexity index is 361. The normalized spacial score (nSPS) is 16.8. The van der Waals surface area contributed by atoms with Crippen LogP contribution in [0.2, 0.25) is 0 Å². The first-order valence-corrected chi connectivity index (χ1v) is 5.15. The summed E-state index contributed by atoms with van der Waals surface area (Å²) in [6.07, 6.45) is 4.07. The standard InChI is InChI=1S/C11H14N4/c12-5-8-1-4-11(14-6-8)15-7-10(13)9-2-3-9/h1,4,6,9-10H,2-3,7,13H2,(H,14,15). The van der Waals surface area contributed by atoms with Crippen molar-refractivity contribution in [2.24, 2.45) is 11.7 Å². The van der Waals surface area contributed by atoms with E-state index < -0.39 is 0 Å². The molecular weight excluding hydrogens is 188 g/mol. The maximum Gasteiger partial charge on any atom is 0.126 e. The molecule has 15 heavy (non-hydrogen) atoms. The lowest BCUT2D eigenvalue weighted by Gasteiger charge is -2.11. The van der Waals surface area contributed by atoms with Gasteiger partial charge in [-0.3, -0.25) is 0 Å². The molecule has 1 aliphatic rings. The van der Waals surface area contributed by atoms with E-state index in [1.165, 1.54) is 12.8 Å². The summed E-state index contributed by atoms with van der Waals surface area (Å²) in [7, 11) is 0. The molecule has 0 aromatic carbocycles. The van der Waals surface area contributed by atoms with E-state index in [0.717, 1.165) is 12.4 Å². The first-order valence-electron chi connectivity index (χ1n) is 5.15. The number of hydrogen-bond donors (Lipinski definition) is 2. The quantitative estimate of drug-likeness (QED) is 0.766. The Kier molecular flexibility index (Phi) is 2.84. The molecule has 1 aromatic heterocycles. The SMILES string of the molecule is N#Cc1ccc(NCC(N)C2CC2)nc1. The molecule has 4 nitrogen and oxygen atoms in total. The first-order chi connectivity index (χ1) is 7.29. The molecule has 1 fully saturated rings. The van der Waals surface area contributed by atoms with Crippen LogP contribution in [0.4, 0.5) is 5.82 Å². The van der Waals surface area contributed by atoms with E-state index in [-0.39, 0.29) is 6.04 Å². The average molecular weight is 202 g/mol. The van der Waals surface area contributed by atoms with Crippen LogP contribution in [-0.2, 0) is 0 Å². The maximum absolute atomic E-state index is 8.60. The molecule has 0 amide bonds. The van der Waals surface area contributed by atoms with Crippen LogP contribution in [0, 0.1) is 17.2 Å². The van der Waals surface area contributed by atoms with Crippen LogP contribution in [0.1, 0.15) is 18.4 Å². The van der Waals surface area contributed by atoms with Gasteiger partial charge in [-0.15, -0.1) is 0 Å². The van der Waals surface area contributed by atoms with Crippen molar-refractivity contribution in [2.45, 2.75) is 18.9 Å². The Morgan fingerprint density at radius 2 is 2.40 bits per heavy atom. The second kappa shape index (κ2) is 4.28. The summed E-state index contributed by atoms with van der Waals surface area (Å²) < 4.78 is 0. The zero-order valence-electron chi connectivity index (χ0n) is 8.48. The number of aromatic nitrogens is 1. The van der Waals surface area contributed by atoms with Crippen molar-refractivity contribution in [3.63, 3.8) is 0 Å². The number of nitriles is 1. The minimum absolute atomic E-state index is 0.224. The Morgan fingerprint density at radius 1 is 1.60 bits per heavy atom. The van der Waals surface area contributed by atoms with Crippen molar-refractivity contribution in [1.82, 2.24) is 4.98 Å². The fraction of sp³-hybridized carbons (Fsp3) is 0.455. The fourth-order valence-corrected chi connectivity index (χ4v) is 1.48. The Labute approximate surface area is 89.1 Å². The van der Waals surface area contributed by atoms with Gasteiger partial charge >= 0.3 is 0 Å². The van der Waals surface area contributed by atoms with Crippen molar-refractivity contribution in [2.75, 3.05) is 11.9 Å². The van der Waals surface area contributed by atoms with Gasteiger partial charge in [0.25, 0.3) is 0 Å². The molecule has 0 bridgehead atoms. The van der Waals surface area contributed by atoms with E-state index in [1.807, 2.05) is 6.07 Å². The summed E-state index contributed by atoms with van der Waals surface area (Å²) in [4.78, 5) is 4.11. The van der Waals surface area contributed by atoms with Crippen LogP contribution >= 0.6 is 0 Å². The molecule has 1 aromatic rings. The van der Waals surface area contributed by atoms with Gasteiger partial charge in [-0.05, 0) is 30.9 Å². The molecule has 0 aliphatic heterocycles. The number of nitrogens with one attached hydrogen (secondary N) is 1. The largest absolute Gasteiger partial charge is 0.369 e. The molecule has 0 radical (unpaired) electrons. The van der Waals surface area contributed by atoms with Gasteiger partial charge in [0.2, 0.25) is 0 Å². The molecule has 1 saturated carbocycles. The predicted octanol–water partition coefficient (Wildman–Crippen LogP) is 1.10. The lowest BCUT2D eigenvalue weighted by molar-refractivity contribution is 0.620. The van der Waals surface area contributed by atoms with Crippen LogP contribution in [-0.4, -0.2) is 17.6 Å². The summed E-state index contributed by atoms with van der Waals surface area (Å²) in [5.41, 5.74) is 6.52. The van der Waals surface area contributed by atoms with Crippen LogP contribution in [0.3, 0.4) is 0 Å². The van der Waals surface area contributed by atoms with E-state index >= 15 is 0 Å². The summed E-state index contributed by atoms with van der Waals surface area (Å²) in [6, 6.07) is 5.81. The summed E-state index contributed by atoms with van der Waals surface area (Å²) in [5, 5.41) is 11.8. The molecule has 0 spiro atoms. The molecular formula is C11H14N4. The number of pyridine rings is 1. The summed E-state index contributed by atoms with van der Waals surface area (Å²) in [5.74, 6) is 1.47. The van der Waals surface area contributed by atoms with Gasteiger partial charge in [-0.25, -0.2) is 4.98 Å². The number of anilines is 1. The molecule has 78 valence electrons. The van der Waals surface area contributed by atoms with E-state index in [2.05, 4.69) is 10.3 Å². The highest BCUT2D eigenvalue weighted by molar-refractivity contribution is 5.39. The number of rotatable bonds is 4. The summed E-state index contributed by atoms with van der Waals surface area (Å²) in [6.45, 7) is 0.754. The zero-order valence-corrected chi connectivity index (χ0v) is 8.48. The highest BCUT2D eigenvalue weighted by Crippen LogP contribution is 2.31. The number of hydrogen-bond acceptors (Lipinski definition) is 4. The number of nitrogens with two attached hydrogens (primary N) is 1. The maximum atomic E-state index is 8.60. The Morgan fingerprint density at radius 3 is 2.93 bits per heavy atom. The minimum Gasteiger partial charge on any atom is -0.369 e. The van der Waals surface area contributed by atoms with Gasteiger partial charge in [0.15, 0.2) is 0 Å². The lowest BCUT2D eigenvalue weighted by atomic mass is 10.2. The molecule has 2 rings (SSSR count). The minimum atomic E-state index is 0.224. The van der Waals surface area contributed by atoms with E-state index in [0.29, 0.717) is 11.5 Å². The second-order valence-electron chi connectivity index (χ2n) is 3.93. The van der Waals surface area contributed by atoms with Crippen molar-refractivity contribution >= 4 is 5.82 Å². The van der Waals surface area contributed by atoms with Crippen molar-refractivity contribution in [3.8, 4) is 6.07 Å². The van der Waals surface area contributed by atoms with Crippen molar-refractivity contribution in [3.05, 3.63) is 23.9 Å².